The number of halogens is 1. The highest BCUT2D eigenvalue weighted by Gasteiger charge is 1.89. The topological polar surface area (TPSA) is 24.1 Å². The van der Waals surface area contributed by atoms with Gasteiger partial charge in [-0.2, -0.15) is 0 Å². The lowest BCUT2D eigenvalue weighted by molar-refractivity contribution is 0.642. The average molecular weight is 137 g/mol. The molecule has 0 aliphatic heterocycles. The fraction of sp³-hybridized carbons (Fsp3) is 1.00. The van der Waals surface area contributed by atoms with Crippen LogP contribution in [-0.4, -0.2) is 25.6 Å². The summed E-state index contributed by atoms with van der Waals surface area (Å²) in [6.07, 6.45) is 0. The Balaban J connectivity index is 2.72. The van der Waals surface area contributed by atoms with Gasteiger partial charge in [0.25, 0.3) is 0 Å². The van der Waals surface area contributed by atoms with Crippen LogP contribution in [0.3, 0.4) is 0 Å². The van der Waals surface area contributed by atoms with E-state index in [9.17, 15) is 0 Å². The van der Waals surface area contributed by atoms with E-state index in [-0.39, 0.29) is 5.50 Å². The molecule has 0 saturated carbocycles. The fourth-order valence-electron chi connectivity index (χ4n) is 0.396. The second kappa shape index (κ2) is 5.35. The molecule has 0 heterocycles. The van der Waals surface area contributed by atoms with Crippen molar-refractivity contribution in [2.45, 2.75) is 12.4 Å². The Kier molecular flexibility index (Phi) is 5.49. The summed E-state index contributed by atoms with van der Waals surface area (Å²) in [6, 6.07) is 0. The number of rotatable bonds is 4. The first-order valence-corrected chi connectivity index (χ1v) is 3.23. The summed E-state index contributed by atoms with van der Waals surface area (Å²) in [7, 11) is 1.92. The molecule has 0 fully saturated rings. The van der Waals surface area contributed by atoms with Crippen molar-refractivity contribution in [3.8, 4) is 0 Å². The molecular formula is C5H13ClN2. The van der Waals surface area contributed by atoms with Crippen molar-refractivity contribution in [1.82, 2.24) is 10.6 Å². The van der Waals surface area contributed by atoms with Gasteiger partial charge in [0.2, 0.25) is 0 Å². The van der Waals surface area contributed by atoms with Gasteiger partial charge in [-0.05, 0) is 14.0 Å². The summed E-state index contributed by atoms with van der Waals surface area (Å²) in [4.78, 5) is 0. The maximum atomic E-state index is 5.57. The lowest BCUT2D eigenvalue weighted by Gasteiger charge is -2.03. The molecule has 50 valence electrons. The highest BCUT2D eigenvalue weighted by Crippen LogP contribution is 1.83. The maximum Gasteiger partial charge on any atom is 0.0797 e. The molecule has 0 aromatic carbocycles. The van der Waals surface area contributed by atoms with Gasteiger partial charge in [-0.1, -0.05) is 0 Å². The van der Waals surface area contributed by atoms with E-state index in [1.807, 2.05) is 14.0 Å². The Hall–Kier alpha value is 0.210. The minimum Gasteiger partial charge on any atom is -0.318 e. The molecule has 0 aromatic heterocycles. The molecular weight excluding hydrogens is 124 g/mol. The van der Waals surface area contributed by atoms with Crippen LogP contribution in [0.25, 0.3) is 0 Å². The normalized spacial score (nSPS) is 13.9. The zero-order valence-electron chi connectivity index (χ0n) is 5.37. The fourth-order valence-corrected chi connectivity index (χ4v) is 0.505. The van der Waals surface area contributed by atoms with Crippen LogP contribution in [0.1, 0.15) is 6.92 Å². The zero-order valence-corrected chi connectivity index (χ0v) is 6.13. The number of hydrogen-bond acceptors (Lipinski definition) is 2. The van der Waals surface area contributed by atoms with Crippen molar-refractivity contribution in [2.24, 2.45) is 0 Å². The molecule has 0 aromatic rings. The molecule has 0 radical (unpaired) electrons. The number of likely N-dealkylation sites (N-methyl/N-ethyl adjacent to an activating group) is 1. The third-order valence-electron chi connectivity index (χ3n) is 0.801. The zero-order chi connectivity index (χ0) is 6.41. The summed E-state index contributed by atoms with van der Waals surface area (Å²) in [5, 5.41) is 6.05. The van der Waals surface area contributed by atoms with E-state index in [4.69, 9.17) is 11.6 Å². The van der Waals surface area contributed by atoms with Gasteiger partial charge in [0.05, 0.1) is 5.50 Å². The van der Waals surface area contributed by atoms with Crippen molar-refractivity contribution in [3.63, 3.8) is 0 Å². The SMILES string of the molecule is CNCCNC(C)Cl. The van der Waals surface area contributed by atoms with E-state index < -0.39 is 0 Å². The van der Waals surface area contributed by atoms with E-state index in [2.05, 4.69) is 10.6 Å². The van der Waals surface area contributed by atoms with Crippen LogP contribution in [0.5, 0.6) is 0 Å². The van der Waals surface area contributed by atoms with Crippen LogP contribution in [0, 0.1) is 0 Å². The van der Waals surface area contributed by atoms with Gasteiger partial charge in [0.15, 0.2) is 0 Å². The van der Waals surface area contributed by atoms with Gasteiger partial charge in [-0.3, -0.25) is 0 Å². The van der Waals surface area contributed by atoms with Crippen LogP contribution < -0.4 is 10.6 Å². The molecule has 0 aliphatic carbocycles. The van der Waals surface area contributed by atoms with Gasteiger partial charge in [0, 0.05) is 13.1 Å². The van der Waals surface area contributed by atoms with Crippen molar-refractivity contribution in [1.29, 1.82) is 0 Å². The van der Waals surface area contributed by atoms with Gasteiger partial charge < -0.3 is 10.6 Å². The quantitative estimate of drug-likeness (QED) is 0.332. The molecule has 8 heavy (non-hydrogen) atoms. The molecule has 2 nitrogen and oxygen atoms in total. The largest absolute Gasteiger partial charge is 0.318 e. The minimum absolute atomic E-state index is 0.0864. The summed E-state index contributed by atoms with van der Waals surface area (Å²) >= 11 is 5.57. The van der Waals surface area contributed by atoms with Crippen molar-refractivity contribution < 1.29 is 0 Å². The van der Waals surface area contributed by atoms with Gasteiger partial charge in [-0.25, -0.2) is 0 Å². The molecule has 0 aliphatic rings. The predicted molar refractivity (Wildman–Crippen MR) is 37.2 cm³/mol. The molecule has 1 atom stereocenters. The molecule has 0 amide bonds. The minimum atomic E-state index is 0.0864. The van der Waals surface area contributed by atoms with Crippen LogP contribution in [-0.2, 0) is 0 Å². The number of hydrogen-bond donors (Lipinski definition) is 2. The second-order valence-corrected chi connectivity index (χ2v) is 2.33. The van der Waals surface area contributed by atoms with E-state index in [0.29, 0.717) is 0 Å². The summed E-state index contributed by atoms with van der Waals surface area (Å²) in [5.41, 5.74) is 0.0864. The van der Waals surface area contributed by atoms with E-state index in [0.717, 1.165) is 13.1 Å². The molecule has 1 unspecified atom stereocenters. The first-order chi connectivity index (χ1) is 3.77. The van der Waals surface area contributed by atoms with Crippen LogP contribution in [0.2, 0.25) is 0 Å². The Bertz CT molecular complexity index is 47.7. The first kappa shape index (κ1) is 8.21. The lowest BCUT2D eigenvalue weighted by atomic mass is 10.6. The second-order valence-electron chi connectivity index (χ2n) is 1.67. The highest BCUT2D eigenvalue weighted by molar-refractivity contribution is 6.20. The Labute approximate surface area is 55.6 Å². The van der Waals surface area contributed by atoms with Crippen molar-refractivity contribution in [3.05, 3.63) is 0 Å². The molecule has 0 spiro atoms. The molecule has 0 saturated heterocycles. The Morgan fingerprint density at radius 2 is 2.12 bits per heavy atom. The number of nitrogens with one attached hydrogen (secondary N) is 2. The monoisotopic (exact) mass is 136 g/mol. The van der Waals surface area contributed by atoms with Gasteiger partial charge in [0.1, 0.15) is 0 Å². The third kappa shape index (κ3) is 6.21. The van der Waals surface area contributed by atoms with Gasteiger partial charge in [-0.15, -0.1) is 11.6 Å². The maximum absolute atomic E-state index is 5.57. The summed E-state index contributed by atoms with van der Waals surface area (Å²) < 4.78 is 0. The van der Waals surface area contributed by atoms with Crippen LogP contribution >= 0.6 is 11.6 Å². The van der Waals surface area contributed by atoms with Crippen molar-refractivity contribution >= 4 is 11.6 Å². The summed E-state index contributed by atoms with van der Waals surface area (Å²) in [5.74, 6) is 0. The average Bonchev–Trinajstić information content (AvgIpc) is 1.66. The Morgan fingerprint density at radius 3 is 2.50 bits per heavy atom. The molecule has 2 N–H and O–H groups in total. The van der Waals surface area contributed by atoms with E-state index in [1.54, 1.807) is 0 Å². The van der Waals surface area contributed by atoms with Gasteiger partial charge >= 0.3 is 0 Å². The highest BCUT2D eigenvalue weighted by atomic mass is 35.5. The smallest absolute Gasteiger partial charge is 0.0797 e. The number of alkyl halides is 1. The van der Waals surface area contributed by atoms with Crippen molar-refractivity contribution in [2.75, 3.05) is 20.1 Å². The lowest BCUT2D eigenvalue weighted by Crippen LogP contribution is -2.28. The van der Waals surface area contributed by atoms with E-state index >= 15 is 0 Å². The third-order valence-corrected chi connectivity index (χ3v) is 0.955. The van der Waals surface area contributed by atoms with Crippen LogP contribution in [0.15, 0.2) is 0 Å². The van der Waals surface area contributed by atoms with E-state index in [1.165, 1.54) is 0 Å². The first-order valence-electron chi connectivity index (χ1n) is 2.79. The predicted octanol–water partition coefficient (Wildman–Crippen LogP) is 0.380. The summed E-state index contributed by atoms with van der Waals surface area (Å²) in [6.45, 7) is 3.81. The molecule has 3 heteroatoms. The standard InChI is InChI=1S/C5H13ClN2/c1-5(6)8-4-3-7-2/h5,7-8H,3-4H2,1-2H3. The molecule has 0 bridgehead atoms. The molecule has 0 rings (SSSR count). The Morgan fingerprint density at radius 1 is 1.50 bits per heavy atom. The van der Waals surface area contributed by atoms with Crippen LogP contribution in [0.4, 0.5) is 0 Å².